The molecule has 3 heterocycles. The minimum atomic E-state index is -5.08. The number of carbonyl (C=O) groups is 2. The van der Waals surface area contributed by atoms with Crippen LogP contribution in [0.25, 0.3) is 0 Å². The Kier molecular flexibility index (Phi) is 5.44. The number of rotatable bonds is 2. The maximum atomic E-state index is 12.9. The molecule has 1 unspecified atom stereocenters. The van der Waals surface area contributed by atoms with E-state index in [-0.39, 0.29) is 11.3 Å². The number of hydrogen-bond acceptors (Lipinski definition) is 4. The van der Waals surface area contributed by atoms with Gasteiger partial charge >= 0.3 is 12.1 Å². The van der Waals surface area contributed by atoms with Gasteiger partial charge in [0.25, 0.3) is 0 Å². The van der Waals surface area contributed by atoms with E-state index in [4.69, 9.17) is 14.3 Å². The van der Waals surface area contributed by atoms with Crippen molar-refractivity contribution >= 4 is 17.6 Å². The first-order valence-electron chi connectivity index (χ1n) is 9.00. The number of nitrogens with zero attached hydrogens (tertiary/aromatic N) is 2. The Bertz CT molecular complexity index is 924. The summed E-state index contributed by atoms with van der Waals surface area (Å²) in [5.74, 6) is -0.619. The van der Waals surface area contributed by atoms with Gasteiger partial charge in [0.2, 0.25) is 5.91 Å². The van der Waals surface area contributed by atoms with Crippen LogP contribution in [-0.4, -0.2) is 48.2 Å². The Hall–Kier alpha value is -2.81. The van der Waals surface area contributed by atoms with E-state index >= 15 is 0 Å². The zero-order valence-electron chi connectivity index (χ0n) is 16.0. The smallest absolute Gasteiger partial charge is 0.475 e. The first kappa shape index (κ1) is 20.9. The third kappa shape index (κ3) is 4.00. The third-order valence-corrected chi connectivity index (χ3v) is 5.26. The summed E-state index contributed by atoms with van der Waals surface area (Å²) in [7, 11) is 1.88. The molecule has 2 aromatic rings. The van der Waals surface area contributed by atoms with E-state index in [9.17, 15) is 18.0 Å². The molecule has 1 saturated heterocycles. The molecule has 1 fully saturated rings. The van der Waals surface area contributed by atoms with Crippen molar-refractivity contribution in [2.24, 2.45) is 0 Å². The number of halogens is 3. The molecule has 1 spiro atoms. The maximum absolute atomic E-state index is 12.9. The van der Waals surface area contributed by atoms with Gasteiger partial charge in [0, 0.05) is 25.8 Å². The highest BCUT2D eigenvalue weighted by atomic mass is 19.4. The average molecular weight is 410 g/mol. The second-order valence-corrected chi connectivity index (χ2v) is 7.24. The number of hydrogen-bond donors (Lipinski definition) is 1. The summed E-state index contributed by atoms with van der Waals surface area (Å²) in [6.07, 6.45) is -4.20. The zero-order valence-corrected chi connectivity index (χ0v) is 16.0. The summed E-state index contributed by atoms with van der Waals surface area (Å²) in [4.78, 5) is 25.9. The normalized spacial score (nSPS) is 21.3. The van der Waals surface area contributed by atoms with Crippen LogP contribution >= 0.6 is 0 Å². The van der Waals surface area contributed by atoms with Gasteiger partial charge in [0.15, 0.2) is 0 Å². The fraction of sp³-hybridized carbons (Fsp3) is 0.400. The molecule has 0 radical (unpaired) electrons. The maximum Gasteiger partial charge on any atom is 0.490 e. The first-order chi connectivity index (χ1) is 13.5. The van der Waals surface area contributed by atoms with Crippen LogP contribution in [0.4, 0.5) is 18.9 Å². The molecule has 4 rings (SSSR count). The Labute approximate surface area is 165 Å². The largest absolute Gasteiger partial charge is 0.490 e. The predicted molar refractivity (Wildman–Crippen MR) is 98.6 cm³/mol. The molecule has 1 aromatic carbocycles. The van der Waals surface area contributed by atoms with E-state index in [1.807, 2.05) is 49.2 Å². The van der Waals surface area contributed by atoms with Crippen molar-refractivity contribution in [3.8, 4) is 0 Å². The highest BCUT2D eigenvalue weighted by Crippen LogP contribution is 2.46. The molecule has 2 aliphatic heterocycles. The number of likely N-dealkylation sites (tertiary alicyclic amines) is 1. The summed E-state index contributed by atoms with van der Waals surface area (Å²) in [5, 5.41) is 7.12. The lowest BCUT2D eigenvalue weighted by atomic mass is 9.81. The molecular formula is C20H21F3N2O4. The third-order valence-electron chi connectivity index (χ3n) is 5.26. The molecule has 0 saturated carbocycles. The predicted octanol–water partition coefficient (Wildman–Crippen LogP) is 3.34. The van der Waals surface area contributed by atoms with Crippen LogP contribution in [0.3, 0.4) is 0 Å². The van der Waals surface area contributed by atoms with Crippen LogP contribution in [-0.2, 0) is 21.5 Å². The van der Waals surface area contributed by atoms with Crippen LogP contribution in [0, 0.1) is 6.92 Å². The van der Waals surface area contributed by atoms with E-state index in [1.165, 1.54) is 5.56 Å². The molecule has 1 N–H and O–H groups in total. The van der Waals surface area contributed by atoms with Crippen molar-refractivity contribution in [1.82, 2.24) is 4.90 Å². The lowest BCUT2D eigenvalue weighted by Gasteiger charge is -2.23. The average Bonchev–Trinajstić information content (AvgIpc) is 3.32. The van der Waals surface area contributed by atoms with Crippen molar-refractivity contribution in [2.45, 2.75) is 31.5 Å². The number of anilines is 1. The summed E-state index contributed by atoms with van der Waals surface area (Å²) < 4.78 is 37.4. The Morgan fingerprint density at radius 2 is 1.90 bits per heavy atom. The number of amides is 1. The number of carboxylic acids is 1. The first-order valence-corrected chi connectivity index (χ1v) is 9.00. The molecule has 0 aliphatic carbocycles. The van der Waals surface area contributed by atoms with E-state index in [0.717, 1.165) is 43.3 Å². The van der Waals surface area contributed by atoms with E-state index in [0.29, 0.717) is 0 Å². The van der Waals surface area contributed by atoms with Gasteiger partial charge in [-0.25, -0.2) is 4.79 Å². The number of aliphatic carboxylic acids is 1. The molecule has 0 bridgehead atoms. The van der Waals surface area contributed by atoms with Crippen molar-refractivity contribution in [2.75, 3.05) is 25.0 Å². The van der Waals surface area contributed by atoms with E-state index in [2.05, 4.69) is 11.0 Å². The van der Waals surface area contributed by atoms with Crippen LogP contribution in [0.2, 0.25) is 0 Å². The van der Waals surface area contributed by atoms with Crippen LogP contribution in [0.1, 0.15) is 23.5 Å². The zero-order chi connectivity index (χ0) is 21.4. The Balaban J connectivity index is 0.000000298. The molecule has 1 atom stereocenters. The minimum Gasteiger partial charge on any atom is -0.475 e. The SMILES string of the molecule is Cc1ccc(CN2CCC3(C2)C(=O)N(C)c2ccccc23)o1.O=C(O)C(F)(F)F. The Morgan fingerprint density at radius 1 is 1.24 bits per heavy atom. The molecule has 1 aromatic heterocycles. The number of carboxylic acid groups (broad SMARTS) is 1. The number of furan rings is 1. The topological polar surface area (TPSA) is 74.0 Å². The van der Waals surface area contributed by atoms with Crippen LogP contribution in [0.5, 0.6) is 0 Å². The number of fused-ring (bicyclic) bond motifs is 2. The minimum absolute atomic E-state index is 0.229. The highest BCUT2D eigenvalue weighted by molar-refractivity contribution is 6.08. The number of likely N-dealkylation sites (N-methyl/N-ethyl adjacent to an activating group) is 1. The second kappa shape index (κ2) is 7.55. The molecule has 156 valence electrons. The van der Waals surface area contributed by atoms with Gasteiger partial charge in [-0.05, 0) is 37.1 Å². The van der Waals surface area contributed by atoms with E-state index < -0.39 is 12.1 Å². The molecule has 6 nitrogen and oxygen atoms in total. The fourth-order valence-corrected chi connectivity index (χ4v) is 3.93. The molecule has 2 aliphatic rings. The second-order valence-electron chi connectivity index (χ2n) is 7.24. The number of alkyl halides is 3. The lowest BCUT2D eigenvalue weighted by molar-refractivity contribution is -0.192. The van der Waals surface area contributed by atoms with Gasteiger partial charge in [-0.2, -0.15) is 13.2 Å². The summed E-state index contributed by atoms with van der Waals surface area (Å²) in [6.45, 7) is 4.43. The molecule has 29 heavy (non-hydrogen) atoms. The van der Waals surface area contributed by atoms with Gasteiger partial charge in [-0.1, -0.05) is 18.2 Å². The number of carbonyl (C=O) groups excluding carboxylic acids is 1. The summed E-state index contributed by atoms with van der Waals surface area (Å²) >= 11 is 0. The van der Waals surface area contributed by atoms with Crippen molar-refractivity contribution < 1.29 is 32.3 Å². The quantitative estimate of drug-likeness (QED) is 0.822. The van der Waals surface area contributed by atoms with Crippen molar-refractivity contribution in [1.29, 1.82) is 0 Å². The van der Waals surface area contributed by atoms with Crippen LogP contribution < -0.4 is 4.90 Å². The molecule has 9 heteroatoms. The fourth-order valence-electron chi connectivity index (χ4n) is 3.93. The molecular weight excluding hydrogens is 389 g/mol. The summed E-state index contributed by atoms with van der Waals surface area (Å²) in [5.41, 5.74) is 1.87. The van der Waals surface area contributed by atoms with Gasteiger partial charge in [0.05, 0.1) is 12.0 Å². The summed E-state index contributed by atoms with van der Waals surface area (Å²) in [6, 6.07) is 12.2. The monoisotopic (exact) mass is 410 g/mol. The Morgan fingerprint density at radius 3 is 2.48 bits per heavy atom. The highest BCUT2D eigenvalue weighted by Gasteiger charge is 2.53. The number of benzene rings is 1. The van der Waals surface area contributed by atoms with Crippen molar-refractivity contribution in [3.05, 3.63) is 53.5 Å². The van der Waals surface area contributed by atoms with Gasteiger partial charge in [0.1, 0.15) is 11.5 Å². The van der Waals surface area contributed by atoms with Crippen LogP contribution in [0.15, 0.2) is 40.8 Å². The lowest BCUT2D eigenvalue weighted by Crippen LogP contribution is -2.40. The molecule has 1 amide bonds. The number of aryl methyl sites for hydroxylation is 1. The van der Waals surface area contributed by atoms with Gasteiger partial charge in [-0.15, -0.1) is 0 Å². The van der Waals surface area contributed by atoms with E-state index in [1.54, 1.807) is 0 Å². The van der Waals surface area contributed by atoms with Gasteiger partial charge in [-0.3, -0.25) is 9.69 Å². The number of para-hydroxylation sites is 1. The van der Waals surface area contributed by atoms with Gasteiger partial charge < -0.3 is 14.4 Å². The van der Waals surface area contributed by atoms with Crippen molar-refractivity contribution in [3.63, 3.8) is 0 Å². The standard InChI is InChI=1S/C18H20N2O2.C2HF3O2/c1-13-7-8-14(22-13)11-20-10-9-18(12-20)15-5-3-4-6-16(15)19(2)17(18)21;3-2(4,5)1(6)7/h3-8H,9-12H2,1-2H3;(H,6,7).